The fourth-order valence-corrected chi connectivity index (χ4v) is 3.11. The summed E-state index contributed by atoms with van der Waals surface area (Å²) in [5.41, 5.74) is 4.55. The van der Waals surface area contributed by atoms with Crippen molar-refractivity contribution in [1.82, 2.24) is 0 Å². The van der Waals surface area contributed by atoms with Gasteiger partial charge in [-0.2, -0.15) is 5.26 Å². The maximum atomic E-state index is 13.6. The van der Waals surface area contributed by atoms with Crippen molar-refractivity contribution in [2.24, 2.45) is 0 Å². The molecule has 0 heterocycles. The normalized spacial score (nSPS) is 16.4. The molecule has 0 bridgehead atoms. The van der Waals surface area contributed by atoms with Crippen molar-refractivity contribution >= 4 is 0 Å². The fraction of sp³-hybridized carbons (Fsp3) is 0.261. The molecule has 0 amide bonds. The van der Waals surface area contributed by atoms with E-state index in [4.69, 9.17) is 5.26 Å². The maximum Gasteiger partial charge on any atom is 0.142 e. The standard InChI is InChI=1S/C23H20FN/c1-2-17-5-10-20(11-6-17)21-12-7-18(8-13-21)3-4-19-9-14-22(16-25)23(24)15-19/h5-7,9-11,14-15,21H,2,8,12-13H2,1H3. The second-order valence-electron chi connectivity index (χ2n) is 6.35. The molecule has 0 fully saturated rings. The second-order valence-corrected chi connectivity index (χ2v) is 6.35. The average molecular weight is 329 g/mol. The molecule has 1 aliphatic rings. The Balaban J connectivity index is 1.67. The van der Waals surface area contributed by atoms with Gasteiger partial charge in [0.1, 0.15) is 11.9 Å². The minimum absolute atomic E-state index is 0.0550. The van der Waals surface area contributed by atoms with E-state index in [0.29, 0.717) is 11.5 Å². The first-order chi connectivity index (χ1) is 12.2. The van der Waals surface area contributed by atoms with Crippen LogP contribution in [0.15, 0.2) is 54.1 Å². The number of rotatable bonds is 2. The molecule has 0 spiro atoms. The zero-order chi connectivity index (χ0) is 17.6. The third-order valence-electron chi connectivity index (χ3n) is 4.73. The summed E-state index contributed by atoms with van der Waals surface area (Å²) in [6, 6.07) is 15.2. The van der Waals surface area contributed by atoms with Crippen molar-refractivity contribution < 1.29 is 4.39 Å². The number of hydrogen-bond acceptors (Lipinski definition) is 1. The highest BCUT2D eigenvalue weighted by Gasteiger charge is 2.15. The molecule has 1 nitrogen and oxygen atoms in total. The van der Waals surface area contributed by atoms with Crippen LogP contribution in [0.4, 0.5) is 4.39 Å². The molecule has 0 radical (unpaired) electrons. The van der Waals surface area contributed by atoms with Gasteiger partial charge >= 0.3 is 0 Å². The minimum atomic E-state index is -0.512. The van der Waals surface area contributed by atoms with E-state index >= 15 is 0 Å². The van der Waals surface area contributed by atoms with Gasteiger partial charge < -0.3 is 0 Å². The lowest BCUT2D eigenvalue weighted by Gasteiger charge is -2.20. The molecule has 124 valence electrons. The Morgan fingerprint density at radius 2 is 1.92 bits per heavy atom. The molecular weight excluding hydrogens is 309 g/mol. The van der Waals surface area contributed by atoms with Gasteiger partial charge in [0.15, 0.2) is 0 Å². The van der Waals surface area contributed by atoms with Crippen molar-refractivity contribution in [1.29, 1.82) is 5.26 Å². The van der Waals surface area contributed by atoms with E-state index in [1.807, 2.05) is 6.07 Å². The summed E-state index contributed by atoms with van der Waals surface area (Å²) in [7, 11) is 0. The molecule has 1 unspecified atom stereocenters. The smallest absolute Gasteiger partial charge is 0.142 e. The largest absolute Gasteiger partial charge is 0.206 e. The highest BCUT2D eigenvalue weighted by Crippen LogP contribution is 2.32. The molecule has 25 heavy (non-hydrogen) atoms. The summed E-state index contributed by atoms with van der Waals surface area (Å²) in [5.74, 6) is 6.21. The molecule has 0 N–H and O–H groups in total. The number of halogens is 1. The van der Waals surface area contributed by atoms with Crippen molar-refractivity contribution in [3.05, 3.63) is 82.2 Å². The first kappa shape index (κ1) is 17.0. The molecule has 0 saturated heterocycles. The summed E-state index contributed by atoms with van der Waals surface area (Å²) in [6.07, 6.45) is 6.31. The van der Waals surface area contributed by atoms with Gasteiger partial charge in [0.25, 0.3) is 0 Å². The molecule has 2 heteroatoms. The molecule has 1 atom stereocenters. The van der Waals surface area contributed by atoms with E-state index < -0.39 is 5.82 Å². The van der Waals surface area contributed by atoms with Gasteiger partial charge in [0.05, 0.1) is 5.56 Å². The Morgan fingerprint density at radius 3 is 2.52 bits per heavy atom. The lowest BCUT2D eigenvalue weighted by Crippen LogP contribution is -2.03. The van der Waals surface area contributed by atoms with Crippen LogP contribution < -0.4 is 0 Å². The summed E-state index contributed by atoms with van der Waals surface area (Å²) < 4.78 is 13.6. The maximum absolute atomic E-state index is 13.6. The van der Waals surface area contributed by atoms with Gasteiger partial charge in [0, 0.05) is 5.56 Å². The Hall–Kier alpha value is -2.84. The van der Waals surface area contributed by atoms with Gasteiger partial charge in [-0.15, -0.1) is 0 Å². The lowest BCUT2D eigenvalue weighted by atomic mass is 9.84. The number of benzene rings is 2. The topological polar surface area (TPSA) is 23.8 Å². The minimum Gasteiger partial charge on any atom is -0.206 e. The van der Waals surface area contributed by atoms with Crippen LogP contribution in [0.1, 0.15) is 54.4 Å². The number of aryl methyl sites for hydroxylation is 1. The van der Waals surface area contributed by atoms with Crippen LogP contribution in [0.3, 0.4) is 0 Å². The monoisotopic (exact) mass is 329 g/mol. The number of nitrogens with zero attached hydrogens (tertiary/aromatic N) is 1. The molecular formula is C23H20FN. The van der Waals surface area contributed by atoms with Crippen LogP contribution in [-0.2, 0) is 6.42 Å². The van der Waals surface area contributed by atoms with Crippen LogP contribution in [0.5, 0.6) is 0 Å². The lowest BCUT2D eigenvalue weighted by molar-refractivity contribution is 0.607. The summed E-state index contributed by atoms with van der Waals surface area (Å²) >= 11 is 0. The Kier molecular flexibility index (Phi) is 5.32. The number of allylic oxidation sites excluding steroid dienone is 2. The van der Waals surface area contributed by atoms with Crippen LogP contribution in [0.2, 0.25) is 0 Å². The van der Waals surface area contributed by atoms with E-state index in [9.17, 15) is 4.39 Å². The van der Waals surface area contributed by atoms with Crippen LogP contribution in [-0.4, -0.2) is 0 Å². The average Bonchev–Trinajstić information content (AvgIpc) is 2.67. The zero-order valence-corrected chi connectivity index (χ0v) is 14.3. The molecule has 2 aromatic rings. The summed E-state index contributed by atoms with van der Waals surface area (Å²) in [6.45, 7) is 2.17. The van der Waals surface area contributed by atoms with Crippen LogP contribution in [0, 0.1) is 29.0 Å². The Morgan fingerprint density at radius 1 is 1.12 bits per heavy atom. The second kappa shape index (κ2) is 7.82. The van der Waals surface area contributed by atoms with Crippen LogP contribution >= 0.6 is 0 Å². The van der Waals surface area contributed by atoms with Gasteiger partial charge in [-0.25, -0.2) is 4.39 Å². The van der Waals surface area contributed by atoms with Gasteiger partial charge in [-0.05, 0) is 66.5 Å². The molecule has 0 aliphatic heterocycles. The van der Waals surface area contributed by atoms with Gasteiger partial charge in [-0.3, -0.25) is 0 Å². The quantitative estimate of drug-likeness (QED) is 0.667. The highest BCUT2D eigenvalue weighted by atomic mass is 19.1. The molecule has 3 rings (SSSR count). The predicted molar refractivity (Wildman–Crippen MR) is 98.5 cm³/mol. The molecule has 2 aromatic carbocycles. The van der Waals surface area contributed by atoms with E-state index in [2.05, 4.69) is 49.1 Å². The Bertz CT molecular complexity index is 888. The van der Waals surface area contributed by atoms with E-state index in [0.717, 1.165) is 31.3 Å². The molecule has 0 saturated carbocycles. The third-order valence-corrected chi connectivity index (χ3v) is 4.73. The van der Waals surface area contributed by atoms with E-state index in [-0.39, 0.29) is 5.56 Å². The van der Waals surface area contributed by atoms with Crippen molar-refractivity contribution in [3.63, 3.8) is 0 Å². The van der Waals surface area contributed by atoms with Gasteiger partial charge in [0.2, 0.25) is 0 Å². The summed E-state index contributed by atoms with van der Waals surface area (Å²) in [4.78, 5) is 0. The Labute approximate surface area is 148 Å². The highest BCUT2D eigenvalue weighted by molar-refractivity contribution is 5.45. The predicted octanol–water partition coefficient (Wildman–Crippen LogP) is 5.51. The zero-order valence-electron chi connectivity index (χ0n) is 14.3. The number of nitriles is 1. The third kappa shape index (κ3) is 4.17. The van der Waals surface area contributed by atoms with Gasteiger partial charge in [-0.1, -0.05) is 49.1 Å². The first-order valence-corrected chi connectivity index (χ1v) is 8.69. The first-order valence-electron chi connectivity index (χ1n) is 8.69. The fourth-order valence-electron chi connectivity index (χ4n) is 3.11. The van der Waals surface area contributed by atoms with E-state index in [1.54, 1.807) is 6.07 Å². The van der Waals surface area contributed by atoms with Crippen molar-refractivity contribution in [2.75, 3.05) is 0 Å². The van der Waals surface area contributed by atoms with Crippen LogP contribution in [0.25, 0.3) is 0 Å². The SMILES string of the molecule is CCc1ccc(C2CC=C(C#Cc3ccc(C#N)c(F)c3)CC2)cc1. The molecule has 1 aliphatic carbocycles. The number of hydrogen-bond donors (Lipinski definition) is 0. The van der Waals surface area contributed by atoms with Crippen molar-refractivity contribution in [3.8, 4) is 17.9 Å². The van der Waals surface area contributed by atoms with E-state index in [1.165, 1.54) is 23.3 Å². The molecule has 0 aromatic heterocycles. The summed E-state index contributed by atoms with van der Waals surface area (Å²) in [5, 5.41) is 8.76. The van der Waals surface area contributed by atoms with Crippen molar-refractivity contribution in [2.45, 2.75) is 38.5 Å².